The molecular weight excluding hydrogens is 394 g/mol. The number of ether oxygens (including phenoxy) is 2. The van der Waals surface area contributed by atoms with Crippen molar-refractivity contribution in [1.82, 2.24) is 4.98 Å². The van der Waals surface area contributed by atoms with Gasteiger partial charge in [-0.25, -0.2) is 4.98 Å². The number of rotatable bonds is 6. The van der Waals surface area contributed by atoms with Gasteiger partial charge in [0.25, 0.3) is 0 Å². The van der Waals surface area contributed by atoms with E-state index in [1.807, 2.05) is 18.2 Å². The zero-order chi connectivity index (χ0) is 19.7. The molecule has 1 aromatic carbocycles. The maximum Gasteiger partial charge on any atom is 0.192 e. The SMILES string of the molecule is CO[C@@H]1O[C@@H](CO[Si](C)(C)C(C)(C)C)C=C[C@H]1Sc1nc2ccccc2s1. The summed E-state index contributed by atoms with van der Waals surface area (Å²) in [5.74, 6) is 0. The summed E-state index contributed by atoms with van der Waals surface area (Å²) in [4.78, 5) is 4.71. The molecule has 0 spiro atoms. The topological polar surface area (TPSA) is 40.6 Å². The van der Waals surface area contributed by atoms with Gasteiger partial charge in [-0.2, -0.15) is 0 Å². The summed E-state index contributed by atoms with van der Waals surface area (Å²) in [6.45, 7) is 11.8. The van der Waals surface area contributed by atoms with Crippen LogP contribution in [-0.2, 0) is 13.9 Å². The van der Waals surface area contributed by atoms with Crippen LogP contribution in [-0.4, -0.2) is 44.7 Å². The van der Waals surface area contributed by atoms with Gasteiger partial charge in [-0.05, 0) is 30.3 Å². The lowest BCUT2D eigenvalue weighted by Gasteiger charge is -2.38. The van der Waals surface area contributed by atoms with E-state index in [1.165, 1.54) is 4.70 Å². The largest absolute Gasteiger partial charge is 0.414 e. The zero-order valence-electron chi connectivity index (χ0n) is 16.9. The molecule has 148 valence electrons. The predicted octanol–water partition coefficient (Wildman–Crippen LogP) is 5.71. The lowest BCUT2D eigenvalue weighted by molar-refractivity contribution is -0.150. The van der Waals surface area contributed by atoms with Gasteiger partial charge >= 0.3 is 0 Å². The van der Waals surface area contributed by atoms with Crippen molar-refractivity contribution in [2.45, 2.75) is 60.9 Å². The average Bonchev–Trinajstić information content (AvgIpc) is 3.02. The van der Waals surface area contributed by atoms with E-state index in [4.69, 9.17) is 18.9 Å². The Balaban J connectivity index is 1.64. The van der Waals surface area contributed by atoms with Gasteiger partial charge in [-0.15, -0.1) is 11.3 Å². The number of benzene rings is 1. The Bertz CT molecular complexity index is 767. The van der Waals surface area contributed by atoms with E-state index in [0.717, 1.165) is 9.86 Å². The van der Waals surface area contributed by atoms with E-state index in [9.17, 15) is 0 Å². The van der Waals surface area contributed by atoms with Crippen molar-refractivity contribution < 1.29 is 13.9 Å². The van der Waals surface area contributed by atoms with E-state index < -0.39 is 8.32 Å². The summed E-state index contributed by atoms with van der Waals surface area (Å²) in [6, 6.07) is 8.21. The van der Waals surface area contributed by atoms with Gasteiger partial charge in [0.15, 0.2) is 18.9 Å². The van der Waals surface area contributed by atoms with Gasteiger partial charge in [0.2, 0.25) is 0 Å². The van der Waals surface area contributed by atoms with Crippen molar-refractivity contribution in [1.29, 1.82) is 0 Å². The Morgan fingerprint density at radius 2 is 1.96 bits per heavy atom. The van der Waals surface area contributed by atoms with Gasteiger partial charge in [-0.3, -0.25) is 0 Å². The Hall–Kier alpha value is -0.703. The lowest BCUT2D eigenvalue weighted by Crippen LogP contribution is -2.44. The van der Waals surface area contributed by atoms with Crippen LogP contribution in [0.1, 0.15) is 20.8 Å². The first kappa shape index (κ1) is 21.0. The van der Waals surface area contributed by atoms with Gasteiger partial charge in [-0.1, -0.05) is 56.8 Å². The smallest absolute Gasteiger partial charge is 0.192 e. The van der Waals surface area contributed by atoms with Crippen molar-refractivity contribution in [2.24, 2.45) is 0 Å². The van der Waals surface area contributed by atoms with Crippen molar-refractivity contribution in [2.75, 3.05) is 13.7 Å². The van der Waals surface area contributed by atoms with E-state index in [1.54, 1.807) is 30.2 Å². The highest BCUT2D eigenvalue weighted by Gasteiger charge is 2.38. The van der Waals surface area contributed by atoms with E-state index >= 15 is 0 Å². The average molecular weight is 424 g/mol. The van der Waals surface area contributed by atoms with E-state index in [2.05, 4.69) is 52.1 Å². The molecule has 0 saturated carbocycles. The third-order valence-corrected chi connectivity index (χ3v) is 12.1. The van der Waals surface area contributed by atoms with Crippen LogP contribution in [0.2, 0.25) is 18.1 Å². The molecule has 2 heterocycles. The molecule has 0 fully saturated rings. The minimum atomic E-state index is -1.79. The van der Waals surface area contributed by atoms with Crippen molar-refractivity contribution in [3.8, 4) is 0 Å². The fourth-order valence-electron chi connectivity index (χ4n) is 2.52. The van der Waals surface area contributed by atoms with Crippen LogP contribution in [0, 0.1) is 0 Å². The number of thioether (sulfide) groups is 1. The Labute approximate surface area is 171 Å². The first-order valence-corrected chi connectivity index (χ1v) is 13.8. The molecule has 1 aliphatic heterocycles. The van der Waals surface area contributed by atoms with Crippen LogP contribution >= 0.6 is 23.1 Å². The molecule has 0 bridgehead atoms. The van der Waals surface area contributed by atoms with E-state index in [-0.39, 0.29) is 22.7 Å². The highest BCUT2D eigenvalue weighted by molar-refractivity contribution is 8.01. The molecule has 3 rings (SSSR count). The summed E-state index contributed by atoms with van der Waals surface area (Å²) in [6.07, 6.45) is 3.90. The third kappa shape index (κ3) is 5.02. The molecule has 27 heavy (non-hydrogen) atoms. The molecule has 4 nitrogen and oxygen atoms in total. The van der Waals surface area contributed by atoms with Crippen LogP contribution < -0.4 is 0 Å². The molecule has 0 saturated heterocycles. The maximum atomic E-state index is 6.31. The Morgan fingerprint density at radius 1 is 1.22 bits per heavy atom. The third-order valence-electron chi connectivity index (χ3n) is 5.25. The molecule has 0 radical (unpaired) electrons. The summed E-state index contributed by atoms with van der Waals surface area (Å²) in [5.41, 5.74) is 1.04. The van der Waals surface area contributed by atoms with Gasteiger partial charge in [0, 0.05) is 7.11 Å². The van der Waals surface area contributed by atoms with Crippen LogP contribution in [0.4, 0.5) is 0 Å². The molecule has 2 aromatic rings. The molecule has 0 N–H and O–H groups in total. The molecule has 0 aliphatic carbocycles. The fraction of sp³-hybridized carbons (Fsp3) is 0.550. The maximum absolute atomic E-state index is 6.31. The van der Waals surface area contributed by atoms with Crippen LogP contribution in [0.5, 0.6) is 0 Å². The second kappa shape index (κ2) is 8.35. The second-order valence-corrected chi connectivity index (χ2v) is 15.5. The number of hydrogen-bond acceptors (Lipinski definition) is 6. The molecule has 3 atom stereocenters. The molecule has 7 heteroatoms. The van der Waals surface area contributed by atoms with Crippen molar-refractivity contribution in [3.63, 3.8) is 0 Å². The first-order chi connectivity index (χ1) is 12.7. The summed E-state index contributed by atoms with van der Waals surface area (Å²) >= 11 is 3.40. The number of hydrogen-bond donors (Lipinski definition) is 0. The molecule has 0 unspecified atom stereocenters. The van der Waals surface area contributed by atoms with Crippen LogP contribution in [0.15, 0.2) is 40.8 Å². The number of methoxy groups -OCH3 is 1. The minimum Gasteiger partial charge on any atom is -0.414 e. The first-order valence-electron chi connectivity index (χ1n) is 9.22. The molecule has 1 aromatic heterocycles. The molecular formula is C20H29NO3S2Si. The van der Waals surface area contributed by atoms with Gasteiger partial charge in [0.05, 0.1) is 22.1 Å². The summed E-state index contributed by atoms with van der Waals surface area (Å²) < 4.78 is 20.3. The lowest BCUT2D eigenvalue weighted by atomic mass is 10.2. The number of nitrogens with zero attached hydrogens (tertiary/aromatic N) is 1. The predicted molar refractivity (Wildman–Crippen MR) is 117 cm³/mol. The fourth-order valence-corrected chi connectivity index (χ4v) is 5.87. The van der Waals surface area contributed by atoms with Crippen LogP contribution in [0.3, 0.4) is 0 Å². The second-order valence-electron chi connectivity index (χ2n) is 8.26. The van der Waals surface area contributed by atoms with Crippen molar-refractivity contribution >= 4 is 41.6 Å². The quantitative estimate of drug-likeness (QED) is 0.440. The van der Waals surface area contributed by atoms with Crippen molar-refractivity contribution in [3.05, 3.63) is 36.4 Å². The van der Waals surface area contributed by atoms with Gasteiger partial charge < -0.3 is 13.9 Å². The number of para-hydroxylation sites is 1. The number of aromatic nitrogens is 1. The standard InChI is InChI=1S/C20H29NO3S2Si/c1-20(2,3)27(5,6)23-13-14-11-12-17(18(22-4)24-14)26-19-21-15-9-7-8-10-16(15)25-19/h7-12,14,17-18H,13H2,1-6H3/t14-,17-,18-/m1/s1. The summed E-state index contributed by atoms with van der Waals surface area (Å²) in [7, 11) is -0.0904. The minimum absolute atomic E-state index is 0.0729. The number of fused-ring (bicyclic) bond motifs is 1. The zero-order valence-corrected chi connectivity index (χ0v) is 19.5. The van der Waals surface area contributed by atoms with E-state index in [0.29, 0.717) is 6.61 Å². The Morgan fingerprint density at radius 3 is 2.63 bits per heavy atom. The monoisotopic (exact) mass is 423 g/mol. The molecule has 0 amide bonds. The highest BCUT2D eigenvalue weighted by Crippen LogP contribution is 2.38. The summed E-state index contributed by atoms with van der Waals surface area (Å²) in [5, 5.41) is 0.275. The normalized spacial score (nSPS) is 23.9. The van der Waals surface area contributed by atoms with Gasteiger partial charge in [0.1, 0.15) is 6.10 Å². The Kier molecular flexibility index (Phi) is 6.50. The van der Waals surface area contributed by atoms with Crippen LogP contribution in [0.25, 0.3) is 10.2 Å². The number of thiazole rings is 1. The molecule has 1 aliphatic rings. The highest BCUT2D eigenvalue weighted by atomic mass is 32.2.